The lowest BCUT2D eigenvalue weighted by Gasteiger charge is -2.04. The normalized spacial score (nSPS) is 10.8. The molecule has 0 radical (unpaired) electrons. The predicted molar refractivity (Wildman–Crippen MR) is 104 cm³/mol. The first-order valence-corrected chi connectivity index (χ1v) is 8.41. The van der Waals surface area contributed by atoms with Crippen LogP contribution in [0.15, 0.2) is 72.8 Å². The van der Waals surface area contributed by atoms with Gasteiger partial charge in [0.1, 0.15) is 0 Å². The molecule has 0 spiro atoms. The molecule has 4 nitrogen and oxygen atoms in total. The quantitative estimate of drug-likeness (QED) is 0.540. The lowest BCUT2D eigenvalue weighted by molar-refractivity contribution is -0.111. The molecule has 26 heavy (non-hydrogen) atoms. The number of amides is 1. The van der Waals surface area contributed by atoms with Crippen LogP contribution in [-0.4, -0.2) is 18.5 Å². The third-order valence-corrected chi connectivity index (χ3v) is 3.86. The van der Waals surface area contributed by atoms with E-state index in [0.29, 0.717) is 17.9 Å². The molecule has 0 aromatic heterocycles. The summed E-state index contributed by atoms with van der Waals surface area (Å²) in [5, 5.41) is 5.06. The van der Waals surface area contributed by atoms with Crippen LogP contribution in [0.2, 0.25) is 0 Å². The number of rotatable bonds is 5. The number of benzene rings is 3. The van der Waals surface area contributed by atoms with Gasteiger partial charge in [0.05, 0.1) is 12.2 Å². The van der Waals surface area contributed by atoms with Crippen molar-refractivity contribution >= 4 is 34.4 Å². The molecule has 0 aliphatic heterocycles. The summed E-state index contributed by atoms with van der Waals surface area (Å²) in [6, 6.07) is 20.7. The van der Waals surface area contributed by atoms with E-state index in [4.69, 9.17) is 4.74 Å². The number of nitrogens with one attached hydrogen (secondary N) is 1. The minimum absolute atomic E-state index is 0.234. The maximum atomic E-state index is 12.1. The zero-order valence-corrected chi connectivity index (χ0v) is 14.4. The van der Waals surface area contributed by atoms with Crippen LogP contribution in [0.4, 0.5) is 5.69 Å². The lowest BCUT2D eigenvalue weighted by atomic mass is 10.1. The summed E-state index contributed by atoms with van der Waals surface area (Å²) < 4.78 is 4.93. The van der Waals surface area contributed by atoms with Crippen molar-refractivity contribution in [2.75, 3.05) is 11.9 Å². The van der Waals surface area contributed by atoms with Crippen molar-refractivity contribution < 1.29 is 14.3 Å². The topological polar surface area (TPSA) is 55.4 Å². The number of hydrogen-bond acceptors (Lipinski definition) is 3. The highest BCUT2D eigenvalue weighted by Gasteiger charge is 2.06. The van der Waals surface area contributed by atoms with E-state index in [9.17, 15) is 9.59 Å². The minimum Gasteiger partial charge on any atom is -0.462 e. The van der Waals surface area contributed by atoms with Gasteiger partial charge in [-0.15, -0.1) is 0 Å². The number of hydrogen-bond donors (Lipinski definition) is 1. The van der Waals surface area contributed by atoms with Crippen molar-refractivity contribution in [2.45, 2.75) is 6.92 Å². The van der Waals surface area contributed by atoms with E-state index >= 15 is 0 Å². The van der Waals surface area contributed by atoms with Crippen LogP contribution in [0, 0.1) is 0 Å². The Hall–Kier alpha value is -3.40. The SMILES string of the molecule is CCOC(=O)c1ccc(NC(=O)/C=C/c2ccc3ccccc3c2)cc1. The second kappa shape index (κ2) is 8.12. The summed E-state index contributed by atoms with van der Waals surface area (Å²) >= 11 is 0. The average Bonchev–Trinajstić information content (AvgIpc) is 2.67. The van der Waals surface area contributed by atoms with Gasteiger partial charge in [0, 0.05) is 11.8 Å². The van der Waals surface area contributed by atoms with E-state index in [1.54, 1.807) is 37.3 Å². The van der Waals surface area contributed by atoms with Crippen molar-refractivity contribution in [3.05, 3.63) is 83.9 Å². The Kier molecular flexibility index (Phi) is 5.44. The Morgan fingerprint density at radius 3 is 2.42 bits per heavy atom. The molecule has 0 fully saturated rings. The largest absolute Gasteiger partial charge is 0.462 e. The van der Waals surface area contributed by atoms with Gasteiger partial charge in [-0.05, 0) is 59.7 Å². The van der Waals surface area contributed by atoms with Gasteiger partial charge in [-0.2, -0.15) is 0 Å². The highest BCUT2D eigenvalue weighted by molar-refractivity contribution is 6.02. The lowest BCUT2D eigenvalue weighted by Crippen LogP contribution is -2.08. The van der Waals surface area contributed by atoms with Gasteiger partial charge in [-0.3, -0.25) is 4.79 Å². The van der Waals surface area contributed by atoms with Gasteiger partial charge >= 0.3 is 5.97 Å². The number of anilines is 1. The van der Waals surface area contributed by atoms with Crippen LogP contribution in [0.5, 0.6) is 0 Å². The van der Waals surface area contributed by atoms with Crippen molar-refractivity contribution in [1.82, 2.24) is 0 Å². The van der Waals surface area contributed by atoms with E-state index in [1.165, 1.54) is 6.08 Å². The highest BCUT2D eigenvalue weighted by atomic mass is 16.5. The molecule has 0 bridgehead atoms. The summed E-state index contributed by atoms with van der Waals surface area (Å²) in [6.45, 7) is 2.09. The van der Waals surface area contributed by atoms with E-state index in [1.807, 2.05) is 36.4 Å². The molecule has 0 saturated carbocycles. The van der Waals surface area contributed by atoms with E-state index in [-0.39, 0.29) is 11.9 Å². The summed E-state index contributed by atoms with van der Waals surface area (Å²) in [7, 11) is 0. The number of carbonyl (C=O) groups excluding carboxylic acids is 2. The molecule has 0 saturated heterocycles. The van der Waals surface area contributed by atoms with Crippen LogP contribution in [-0.2, 0) is 9.53 Å². The van der Waals surface area contributed by atoms with Gasteiger partial charge in [0.2, 0.25) is 5.91 Å². The molecule has 1 N–H and O–H groups in total. The van der Waals surface area contributed by atoms with Crippen LogP contribution in [0.3, 0.4) is 0 Å². The van der Waals surface area contributed by atoms with Gasteiger partial charge in [-0.25, -0.2) is 4.79 Å². The fourth-order valence-corrected chi connectivity index (χ4v) is 2.57. The minimum atomic E-state index is -0.374. The first-order chi connectivity index (χ1) is 12.7. The smallest absolute Gasteiger partial charge is 0.338 e. The second-order valence-corrected chi connectivity index (χ2v) is 5.73. The average molecular weight is 345 g/mol. The third-order valence-electron chi connectivity index (χ3n) is 3.86. The number of esters is 1. The molecular formula is C22H19NO3. The molecule has 0 heterocycles. The first-order valence-electron chi connectivity index (χ1n) is 8.41. The van der Waals surface area contributed by atoms with Crippen molar-refractivity contribution in [1.29, 1.82) is 0 Å². The van der Waals surface area contributed by atoms with Gasteiger partial charge in [-0.1, -0.05) is 36.4 Å². The zero-order valence-electron chi connectivity index (χ0n) is 14.4. The molecule has 3 rings (SSSR count). The fraction of sp³-hybridized carbons (Fsp3) is 0.0909. The summed E-state index contributed by atoms with van der Waals surface area (Å²) in [5.74, 6) is -0.608. The summed E-state index contributed by atoms with van der Waals surface area (Å²) in [4.78, 5) is 23.7. The molecule has 0 atom stereocenters. The maximum absolute atomic E-state index is 12.1. The number of carbonyl (C=O) groups is 2. The molecule has 0 aliphatic rings. The summed E-state index contributed by atoms with van der Waals surface area (Å²) in [6.07, 6.45) is 3.26. The van der Waals surface area contributed by atoms with Crippen molar-refractivity contribution in [2.24, 2.45) is 0 Å². The molecule has 4 heteroatoms. The van der Waals surface area contributed by atoms with E-state index in [0.717, 1.165) is 16.3 Å². The third kappa shape index (κ3) is 4.36. The predicted octanol–water partition coefficient (Wildman–Crippen LogP) is 4.67. The highest BCUT2D eigenvalue weighted by Crippen LogP contribution is 2.16. The monoisotopic (exact) mass is 345 g/mol. The van der Waals surface area contributed by atoms with Crippen molar-refractivity contribution in [3.63, 3.8) is 0 Å². The fourth-order valence-electron chi connectivity index (χ4n) is 2.57. The standard InChI is InChI=1S/C22H19NO3/c1-2-26-22(25)18-10-12-20(13-11-18)23-21(24)14-8-16-7-9-17-5-3-4-6-19(17)15-16/h3-15H,2H2,1H3,(H,23,24)/b14-8+. The molecule has 3 aromatic rings. The van der Waals surface area contributed by atoms with Gasteiger partial charge in [0.15, 0.2) is 0 Å². The van der Waals surface area contributed by atoms with Crippen molar-refractivity contribution in [3.8, 4) is 0 Å². The van der Waals surface area contributed by atoms with Crippen LogP contribution in [0.25, 0.3) is 16.8 Å². The van der Waals surface area contributed by atoms with Crippen LogP contribution < -0.4 is 5.32 Å². The van der Waals surface area contributed by atoms with Gasteiger partial charge < -0.3 is 10.1 Å². The second-order valence-electron chi connectivity index (χ2n) is 5.73. The Morgan fingerprint density at radius 2 is 1.69 bits per heavy atom. The van der Waals surface area contributed by atoms with Gasteiger partial charge in [0.25, 0.3) is 0 Å². The maximum Gasteiger partial charge on any atom is 0.338 e. The van der Waals surface area contributed by atoms with Crippen LogP contribution >= 0.6 is 0 Å². The molecule has 0 unspecified atom stereocenters. The molecular weight excluding hydrogens is 326 g/mol. The molecule has 3 aromatic carbocycles. The van der Waals surface area contributed by atoms with E-state index < -0.39 is 0 Å². The molecule has 0 aliphatic carbocycles. The van der Waals surface area contributed by atoms with E-state index in [2.05, 4.69) is 11.4 Å². The summed E-state index contributed by atoms with van der Waals surface area (Å²) in [5.41, 5.74) is 2.03. The first kappa shape index (κ1) is 17.4. The molecule has 130 valence electrons. The Morgan fingerprint density at radius 1 is 0.962 bits per heavy atom. The number of ether oxygens (including phenoxy) is 1. The zero-order chi connectivity index (χ0) is 18.4. The van der Waals surface area contributed by atoms with Crippen LogP contribution in [0.1, 0.15) is 22.8 Å². The molecule has 1 amide bonds. The Labute approximate surface area is 152 Å². The Bertz CT molecular complexity index is 959. The number of fused-ring (bicyclic) bond motifs is 1. The Balaban J connectivity index is 1.64.